The van der Waals surface area contributed by atoms with Gasteiger partial charge in [-0.05, 0) is 38.5 Å². The van der Waals surface area contributed by atoms with E-state index in [1.54, 1.807) is 19.9 Å². The first-order valence-electron chi connectivity index (χ1n) is 11.7. The van der Waals surface area contributed by atoms with Crippen LogP contribution in [-0.4, -0.2) is 63.9 Å². The lowest BCUT2D eigenvalue weighted by atomic mass is 9.99. The molecule has 1 aliphatic rings. The third kappa shape index (κ3) is 10.9. The van der Waals surface area contributed by atoms with E-state index in [9.17, 15) is 19.2 Å². The van der Waals surface area contributed by atoms with Crippen LogP contribution in [0.3, 0.4) is 0 Å². The molecule has 0 aromatic heterocycles. The van der Waals surface area contributed by atoms with Gasteiger partial charge in [-0.3, -0.25) is 24.2 Å². The zero-order valence-corrected chi connectivity index (χ0v) is 22.9. The number of hydrazine groups is 1. The number of ether oxygens (including phenoxy) is 2. The van der Waals surface area contributed by atoms with Gasteiger partial charge in [-0.25, -0.2) is 5.43 Å². The van der Waals surface area contributed by atoms with Crippen LogP contribution in [0.4, 0.5) is 0 Å². The lowest BCUT2D eigenvalue weighted by molar-refractivity contribution is -0.163. The van der Waals surface area contributed by atoms with Crippen LogP contribution in [0.25, 0.3) is 0 Å². The van der Waals surface area contributed by atoms with Crippen LogP contribution < -0.4 is 10.7 Å². The molecule has 0 aromatic carbocycles. The highest BCUT2D eigenvalue weighted by molar-refractivity contribution is 6.67. The summed E-state index contributed by atoms with van der Waals surface area (Å²) in [6.07, 6.45) is 3.43. The van der Waals surface area contributed by atoms with Crippen LogP contribution in [0.5, 0.6) is 0 Å². The number of carbonyl (C=O) groups excluding carboxylic acids is 4. The normalized spacial score (nSPS) is 18.9. The molecule has 35 heavy (non-hydrogen) atoms. The van der Waals surface area contributed by atoms with E-state index in [2.05, 4.69) is 17.3 Å². The highest BCUT2D eigenvalue weighted by Crippen LogP contribution is 2.26. The Balaban J connectivity index is 2.74. The van der Waals surface area contributed by atoms with Crippen molar-refractivity contribution >= 4 is 58.6 Å². The second-order valence-corrected chi connectivity index (χ2v) is 11.4. The van der Waals surface area contributed by atoms with Gasteiger partial charge in [0.05, 0.1) is 5.92 Å². The van der Waals surface area contributed by atoms with Crippen molar-refractivity contribution in [2.24, 2.45) is 11.8 Å². The first kappa shape index (κ1) is 31.5. The second-order valence-electron chi connectivity index (χ2n) is 8.88. The molecule has 2 amide bonds. The van der Waals surface area contributed by atoms with Crippen molar-refractivity contribution in [1.29, 1.82) is 0 Å². The molecule has 1 rings (SSSR count). The number of rotatable bonds is 12. The van der Waals surface area contributed by atoms with Gasteiger partial charge in [-0.1, -0.05) is 68.1 Å². The minimum Gasteiger partial charge on any atom is -0.460 e. The summed E-state index contributed by atoms with van der Waals surface area (Å²) in [5.41, 5.74) is 2.80. The highest BCUT2D eigenvalue weighted by atomic mass is 35.6. The van der Waals surface area contributed by atoms with Crippen molar-refractivity contribution in [2.45, 2.75) is 81.8 Å². The maximum Gasteiger partial charge on any atom is 0.325 e. The fraction of sp³-hybridized carbons (Fsp3) is 0.739. The molecule has 1 fully saturated rings. The van der Waals surface area contributed by atoms with E-state index in [4.69, 9.17) is 44.3 Å². The van der Waals surface area contributed by atoms with Crippen LogP contribution in [0.2, 0.25) is 0 Å². The first-order valence-corrected chi connectivity index (χ1v) is 12.9. The Kier molecular flexibility index (Phi) is 13.4. The summed E-state index contributed by atoms with van der Waals surface area (Å²) in [7, 11) is 0. The summed E-state index contributed by atoms with van der Waals surface area (Å²) < 4.78 is 8.79. The fourth-order valence-corrected chi connectivity index (χ4v) is 3.72. The molecule has 0 saturated carbocycles. The van der Waals surface area contributed by atoms with E-state index in [0.717, 1.165) is 6.42 Å². The Morgan fingerprint density at radius 2 is 1.89 bits per heavy atom. The predicted octanol–water partition coefficient (Wildman–Crippen LogP) is 3.46. The largest absolute Gasteiger partial charge is 0.460 e. The maximum absolute atomic E-state index is 12.9. The number of allylic oxidation sites excluding steroid dienone is 1. The van der Waals surface area contributed by atoms with Gasteiger partial charge < -0.3 is 14.8 Å². The molecule has 9 nitrogen and oxygen atoms in total. The Bertz CT molecular complexity index is 759. The first-order chi connectivity index (χ1) is 16.3. The van der Waals surface area contributed by atoms with E-state index in [1.165, 1.54) is 11.9 Å². The Morgan fingerprint density at radius 1 is 1.23 bits per heavy atom. The molecule has 12 heteroatoms. The van der Waals surface area contributed by atoms with Gasteiger partial charge in [0.25, 0.3) is 11.8 Å². The molecule has 0 aliphatic carbocycles. The van der Waals surface area contributed by atoms with Gasteiger partial charge in [0.1, 0.15) is 18.7 Å². The Morgan fingerprint density at radius 3 is 2.43 bits per heavy atom. The number of hydrogen-bond acceptors (Lipinski definition) is 7. The standard InChI is InChI=1S/C23H36Cl3N3O6/c1-6-9-16(10-7-2)21(32)35-18(14(3)4)19(30)27-15(5)20(31)29-12-8-11-17(28-29)22(33)34-13-23(24,25)26/h6,14-18,28H,1,7-13H2,2-5H3,(H,27,30)/t15-,16-,17-,18?/m0/s1. The van der Waals surface area contributed by atoms with Gasteiger partial charge in [0.2, 0.25) is 3.79 Å². The molecule has 1 unspecified atom stereocenters. The summed E-state index contributed by atoms with van der Waals surface area (Å²) in [5.74, 6) is -2.83. The van der Waals surface area contributed by atoms with Gasteiger partial charge >= 0.3 is 11.9 Å². The summed E-state index contributed by atoms with van der Waals surface area (Å²) in [5, 5.41) is 3.88. The average Bonchev–Trinajstić information content (AvgIpc) is 2.79. The number of halogens is 3. The molecule has 0 radical (unpaired) electrons. The van der Waals surface area contributed by atoms with Crippen molar-refractivity contribution < 1.29 is 28.7 Å². The number of amides is 2. The number of carbonyl (C=O) groups is 4. The molecule has 1 aliphatic heterocycles. The lowest BCUT2D eigenvalue weighted by Gasteiger charge is -2.34. The molecule has 2 N–H and O–H groups in total. The lowest BCUT2D eigenvalue weighted by Crippen LogP contribution is -2.60. The quantitative estimate of drug-likeness (QED) is 0.215. The van der Waals surface area contributed by atoms with Crippen LogP contribution in [-0.2, 0) is 28.7 Å². The van der Waals surface area contributed by atoms with Crippen LogP contribution in [0.15, 0.2) is 12.7 Å². The SMILES string of the molecule is C=CC[C@@H](CCC)C(=O)OC(C(=O)N[C@@H](C)C(=O)N1CCC[C@@H](C(=O)OCC(Cl)(Cl)Cl)N1)C(C)C. The van der Waals surface area contributed by atoms with Gasteiger partial charge in [0, 0.05) is 6.54 Å². The zero-order chi connectivity index (χ0) is 26.8. The van der Waals surface area contributed by atoms with Crippen LogP contribution >= 0.6 is 34.8 Å². The van der Waals surface area contributed by atoms with E-state index in [0.29, 0.717) is 32.2 Å². The molecule has 1 heterocycles. The Hall–Kier alpha value is -1.55. The third-order valence-electron chi connectivity index (χ3n) is 5.37. The molecule has 0 bridgehead atoms. The van der Waals surface area contributed by atoms with Gasteiger partial charge in [-0.2, -0.15) is 0 Å². The zero-order valence-electron chi connectivity index (χ0n) is 20.7. The van der Waals surface area contributed by atoms with E-state index < -0.39 is 52.3 Å². The third-order valence-corrected chi connectivity index (χ3v) is 5.70. The van der Waals surface area contributed by atoms with Crippen molar-refractivity contribution in [3.8, 4) is 0 Å². The number of hydrogen-bond donors (Lipinski definition) is 2. The molecule has 0 aromatic rings. The van der Waals surface area contributed by atoms with Crippen molar-refractivity contribution in [1.82, 2.24) is 15.8 Å². The smallest absolute Gasteiger partial charge is 0.325 e. The Labute approximate surface area is 222 Å². The number of nitrogens with zero attached hydrogens (tertiary/aromatic N) is 1. The minimum atomic E-state index is -1.74. The second kappa shape index (κ2) is 14.9. The maximum atomic E-state index is 12.9. The molecule has 200 valence electrons. The number of alkyl halides is 3. The fourth-order valence-electron chi connectivity index (χ4n) is 3.55. The van der Waals surface area contributed by atoms with E-state index >= 15 is 0 Å². The molecular weight excluding hydrogens is 521 g/mol. The summed E-state index contributed by atoms with van der Waals surface area (Å²) in [6, 6.07) is -1.74. The monoisotopic (exact) mass is 555 g/mol. The highest BCUT2D eigenvalue weighted by Gasteiger charge is 2.35. The molecular formula is C23H36Cl3N3O6. The van der Waals surface area contributed by atoms with Crippen LogP contribution in [0, 0.1) is 11.8 Å². The van der Waals surface area contributed by atoms with Crippen LogP contribution in [0.1, 0.15) is 59.8 Å². The van der Waals surface area contributed by atoms with Gasteiger partial charge in [0.15, 0.2) is 6.10 Å². The van der Waals surface area contributed by atoms with Crippen molar-refractivity contribution in [3.63, 3.8) is 0 Å². The van der Waals surface area contributed by atoms with E-state index in [1.807, 2.05) is 6.92 Å². The summed E-state index contributed by atoms with van der Waals surface area (Å²) in [4.78, 5) is 50.7. The van der Waals surface area contributed by atoms with E-state index in [-0.39, 0.29) is 11.8 Å². The average molecular weight is 557 g/mol. The van der Waals surface area contributed by atoms with Gasteiger partial charge in [-0.15, -0.1) is 6.58 Å². The molecule has 0 spiro atoms. The minimum absolute atomic E-state index is 0.308. The number of nitrogens with one attached hydrogen (secondary N) is 2. The summed E-state index contributed by atoms with van der Waals surface area (Å²) in [6.45, 7) is 10.6. The van der Waals surface area contributed by atoms with Crippen molar-refractivity contribution in [2.75, 3.05) is 13.2 Å². The predicted molar refractivity (Wildman–Crippen MR) is 135 cm³/mol. The molecule has 1 saturated heterocycles. The number of esters is 2. The van der Waals surface area contributed by atoms with Crippen molar-refractivity contribution in [3.05, 3.63) is 12.7 Å². The molecule has 4 atom stereocenters. The topological polar surface area (TPSA) is 114 Å². The summed E-state index contributed by atoms with van der Waals surface area (Å²) >= 11 is 16.8.